The summed E-state index contributed by atoms with van der Waals surface area (Å²) in [5.74, 6) is 0.957. The molecule has 0 fully saturated rings. The van der Waals surface area contributed by atoms with E-state index in [4.69, 9.17) is 9.29 Å². The van der Waals surface area contributed by atoms with Gasteiger partial charge in [0.1, 0.15) is 5.75 Å². The lowest BCUT2D eigenvalue weighted by atomic mass is 10.1. The summed E-state index contributed by atoms with van der Waals surface area (Å²) < 4.78 is 35.2. The van der Waals surface area contributed by atoms with Gasteiger partial charge in [0, 0.05) is 0 Å². The number of benzene rings is 3. The molecule has 30 heavy (non-hydrogen) atoms. The molecule has 0 amide bonds. The molecule has 0 spiro atoms. The molecule has 0 heterocycles. The minimum atomic E-state index is -4.02. The van der Waals surface area contributed by atoms with E-state index in [1.54, 1.807) is 12.1 Å². The number of unbranched alkanes of at least 4 members (excludes halogenated alkanes) is 1. The van der Waals surface area contributed by atoms with Gasteiger partial charge in [-0.15, -0.1) is 48.0 Å². The van der Waals surface area contributed by atoms with Crippen molar-refractivity contribution in [3.05, 3.63) is 84.4 Å². The summed E-state index contributed by atoms with van der Waals surface area (Å²) in [6.07, 6.45) is 2.28. The molecule has 1 N–H and O–H groups in total. The lowest BCUT2D eigenvalue weighted by molar-refractivity contribution is 0.309. The highest BCUT2D eigenvalue weighted by atomic mass is 127. The van der Waals surface area contributed by atoms with Crippen LogP contribution in [0.2, 0.25) is 0 Å². The molecule has 4 nitrogen and oxygen atoms in total. The zero-order valence-corrected chi connectivity index (χ0v) is 22.5. The highest BCUT2D eigenvalue weighted by Crippen LogP contribution is 2.22. The molecule has 3 rings (SSSR count). The topological polar surface area (TPSA) is 63.6 Å². The average molecular weight is 654 g/mol. The first-order valence-electron chi connectivity index (χ1n) is 9.22. The summed E-state index contributed by atoms with van der Waals surface area (Å²) in [7, 11) is -4.02. The van der Waals surface area contributed by atoms with Gasteiger partial charge in [-0.2, -0.15) is 8.42 Å². The molecule has 3 aromatic rings. The van der Waals surface area contributed by atoms with Crippen LogP contribution < -0.4 is 4.74 Å². The van der Waals surface area contributed by atoms with Gasteiger partial charge in [-0.3, -0.25) is 4.55 Å². The van der Waals surface area contributed by atoms with Crippen molar-refractivity contribution < 1.29 is 17.7 Å². The summed E-state index contributed by atoms with van der Waals surface area (Å²) in [4.78, 5) is -0.0666. The van der Waals surface area contributed by atoms with Gasteiger partial charge in [-0.25, -0.2) is 0 Å². The third kappa shape index (κ3) is 10.2. The molecule has 0 bridgehead atoms. The van der Waals surface area contributed by atoms with Crippen LogP contribution in [-0.4, -0.2) is 19.6 Å². The van der Waals surface area contributed by atoms with E-state index < -0.39 is 10.1 Å². The van der Waals surface area contributed by atoms with Crippen LogP contribution in [0.1, 0.15) is 25.3 Å². The first-order valence-corrected chi connectivity index (χ1v) is 10.7. The molecule has 0 saturated carbocycles. The lowest BCUT2D eigenvalue weighted by Gasteiger charge is -2.06. The van der Waals surface area contributed by atoms with Crippen LogP contribution in [-0.2, 0) is 10.1 Å². The van der Waals surface area contributed by atoms with Crippen molar-refractivity contribution in [2.24, 2.45) is 0 Å². The first kappa shape index (κ1) is 28.8. The Kier molecular flexibility index (Phi) is 14.2. The second-order valence-corrected chi connectivity index (χ2v) is 7.80. The van der Waals surface area contributed by atoms with Gasteiger partial charge in [0.05, 0.1) is 11.5 Å². The van der Waals surface area contributed by atoms with Crippen molar-refractivity contribution in [3.63, 3.8) is 0 Å². The SMILES string of the molecule is CCCCOc1ccc(-c2ccccc2)cc1.Cc1ccc(S(=O)(=O)O)cc1.I.I. The largest absolute Gasteiger partial charge is 0.494 e. The number of aryl methyl sites for hydroxylation is 1. The van der Waals surface area contributed by atoms with Crippen molar-refractivity contribution in [2.75, 3.05) is 6.61 Å². The van der Waals surface area contributed by atoms with E-state index in [0.717, 1.165) is 24.3 Å². The fourth-order valence-corrected chi connectivity index (χ4v) is 2.90. The first-order chi connectivity index (χ1) is 13.4. The van der Waals surface area contributed by atoms with Gasteiger partial charge in [-0.1, -0.05) is 73.5 Å². The van der Waals surface area contributed by atoms with E-state index in [9.17, 15) is 8.42 Å². The molecule has 0 aliphatic heterocycles. The average Bonchev–Trinajstić information content (AvgIpc) is 2.70. The molecule has 0 radical (unpaired) electrons. The molecule has 0 aliphatic rings. The van der Waals surface area contributed by atoms with Crippen molar-refractivity contribution in [2.45, 2.75) is 31.6 Å². The Morgan fingerprint density at radius 1 is 0.800 bits per heavy atom. The van der Waals surface area contributed by atoms with Crippen LogP contribution in [0.4, 0.5) is 0 Å². The van der Waals surface area contributed by atoms with E-state index in [2.05, 4.69) is 43.3 Å². The molecule has 3 aromatic carbocycles. The van der Waals surface area contributed by atoms with E-state index in [-0.39, 0.29) is 52.8 Å². The smallest absolute Gasteiger partial charge is 0.294 e. The second-order valence-electron chi connectivity index (χ2n) is 6.38. The highest BCUT2D eigenvalue weighted by Gasteiger charge is 2.06. The van der Waals surface area contributed by atoms with Crippen LogP contribution in [0.15, 0.2) is 83.8 Å². The van der Waals surface area contributed by atoms with Crippen LogP contribution >= 0.6 is 48.0 Å². The third-order valence-corrected chi connectivity index (χ3v) is 4.91. The maximum absolute atomic E-state index is 10.5. The van der Waals surface area contributed by atoms with Crippen molar-refractivity contribution >= 4 is 58.1 Å². The fraction of sp³-hybridized carbons (Fsp3) is 0.217. The van der Waals surface area contributed by atoms with E-state index in [1.807, 2.05) is 25.1 Å². The van der Waals surface area contributed by atoms with E-state index in [0.29, 0.717) is 0 Å². The number of hydrogen-bond donors (Lipinski definition) is 1. The summed E-state index contributed by atoms with van der Waals surface area (Å²) in [6.45, 7) is 4.82. The minimum absolute atomic E-state index is 0. The summed E-state index contributed by atoms with van der Waals surface area (Å²) in [5.41, 5.74) is 3.43. The van der Waals surface area contributed by atoms with E-state index >= 15 is 0 Å². The van der Waals surface area contributed by atoms with Crippen LogP contribution in [0.5, 0.6) is 5.75 Å². The molecule has 0 unspecified atom stereocenters. The van der Waals surface area contributed by atoms with Crippen molar-refractivity contribution in [3.8, 4) is 16.9 Å². The Labute approximate surface area is 213 Å². The lowest BCUT2D eigenvalue weighted by Crippen LogP contribution is -1.96. The Morgan fingerprint density at radius 2 is 1.33 bits per heavy atom. The Bertz CT molecular complexity index is 943. The normalized spacial score (nSPS) is 9.97. The Balaban J connectivity index is 0.000000569. The predicted molar refractivity (Wildman–Crippen MR) is 144 cm³/mol. The summed E-state index contributed by atoms with van der Waals surface area (Å²) >= 11 is 0. The van der Waals surface area contributed by atoms with Crippen LogP contribution in [0.3, 0.4) is 0 Å². The molecule has 0 aromatic heterocycles. The van der Waals surface area contributed by atoms with Gasteiger partial charge >= 0.3 is 0 Å². The Hall–Kier alpha value is -1.17. The summed E-state index contributed by atoms with van der Waals surface area (Å²) in [6, 6.07) is 24.7. The fourth-order valence-electron chi connectivity index (χ4n) is 2.42. The maximum atomic E-state index is 10.5. The number of ether oxygens (including phenoxy) is 1. The molecule has 7 heteroatoms. The quantitative estimate of drug-likeness (QED) is 0.177. The van der Waals surface area contributed by atoms with Gasteiger partial charge in [0.2, 0.25) is 0 Å². The van der Waals surface area contributed by atoms with Gasteiger partial charge in [-0.05, 0) is 48.7 Å². The molecule has 0 atom stereocenters. The van der Waals surface area contributed by atoms with Gasteiger partial charge in [0.15, 0.2) is 0 Å². The zero-order valence-electron chi connectivity index (χ0n) is 17.0. The zero-order chi connectivity index (χ0) is 20.4. The van der Waals surface area contributed by atoms with Crippen LogP contribution in [0.25, 0.3) is 11.1 Å². The molecule has 164 valence electrons. The number of halogens is 2. The molecular weight excluding hydrogens is 626 g/mol. The van der Waals surface area contributed by atoms with Crippen LogP contribution in [0, 0.1) is 6.92 Å². The Morgan fingerprint density at radius 3 is 1.83 bits per heavy atom. The predicted octanol–water partition coefficient (Wildman–Crippen LogP) is 7.01. The molecular formula is C23H28I2O4S. The minimum Gasteiger partial charge on any atom is -0.494 e. The van der Waals surface area contributed by atoms with E-state index in [1.165, 1.54) is 29.7 Å². The maximum Gasteiger partial charge on any atom is 0.294 e. The van der Waals surface area contributed by atoms with Crippen molar-refractivity contribution in [1.82, 2.24) is 0 Å². The molecule has 0 aliphatic carbocycles. The monoisotopic (exact) mass is 654 g/mol. The standard InChI is InChI=1S/C16H18O.C7H8O3S.2HI/c1-2-3-13-17-16-11-9-15(10-12-16)14-7-5-4-6-8-14;1-6-2-4-7(5-3-6)11(8,9)10;;/h4-12H,2-3,13H2,1H3;2-5H,1H3,(H,8,9,10);2*1H. The van der Waals surface area contributed by atoms with Gasteiger partial charge in [0.25, 0.3) is 10.1 Å². The number of rotatable bonds is 6. The van der Waals surface area contributed by atoms with Gasteiger partial charge < -0.3 is 4.74 Å². The van der Waals surface area contributed by atoms with Crippen molar-refractivity contribution in [1.29, 1.82) is 0 Å². The number of hydrogen-bond acceptors (Lipinski definition) is 3. The third-order valence-electron chi connectivity index (χ3n) is 4.05. The summed E-state index contributed by atoms with van der Waals surface area (Å²) in [5, 5.41) is 0. The highest BCUT2D eigenvalue weighted by molar-refractivity contribution is 14.0. The molecule has 0 saturated heterocycles. The second kappa shape index (κ2) is 14.8.